The Balaban J connectivity index is 1.92. The first-order valence-electron chi connectivity index (χ1n) is 6.71. The van der Waals surface area contributed by atoms with Gasteiger partial charge in [-0.25, -0.2) is 8.42 Å². The van der Waals surface area contributed by atoms with Crippen LogP contribution in [-0.2, 0) is 9.84 Å². The van der Waals surface area contributed by atoms with Crippen molar-refractivity contribution in [2.45, 2.75) is 44.2 Å². The van der Waals surface area contributed by atoms with Gasteiger partial charge < -0.3 is 5.32 Å². The molecule has 0 aromatic rings. The fraction of sp³-hybridized carbons (Fsp3) is 1.00. The van der Waals surface area contributed by atoms with Gasteiger partial charge in [-0.15, -0.1) is 0 Å². The third kappa shape index (κ3) is 3.93. The number of sulfone groups is 1. The number of nitrogens with zero attached hydrogens (tertiary/aromatic N) is 1. The Labute approximate surface area is 105 Å². The third-order valence-electron chi connectivity index (χ3n) is 3.98. The molecule has 2 rings (SSSR count). The summed E-state index contributed by atoms with van der Waals surface area (Å²) >= 11 is 0. The zero-order chi connectivity index (χ0) is 12.3. The van der Waals surface area contributed by atoms with E-state index in [4.69, 9.17) is 0 Å². The third-order valence-corrected chi connectivity index (χ3v) is 4.90. The molecule has 0 saturated carbocycles. The van der Waals surface area contributed by atoms with E-state index in [0.29, 0.717) is 24.4 Å². The quantitative estimate of drug-likeness (QED) is 0.806. The molecule has 2 heterocycles. The first-order chi connectivity index (χ1) is 8.06. The molecule has 17 heavy (non-hydrogen) atoms. The normalized spacial score (nSPS) is 31.8. The molecule has 2 fully saturated rings. The number of hydrogen-bond donors (Lipinski definition) is 1. The Hall–Kier alpha value is -0.130. The molecule has 100 valence electrons. The molecule has 2 aliphatic heterocycles. The number of piperidine rings is 1. The van der Waals surface area contributed by atoms with Crippen molar-refractivity contribution in [3.8, 4) is 0 Å². The minimum atomic E-state index is -2.83. The average Bonchev–Trinajstić information content (AvgIpc) is 2.79. The molecule has 0 radical (unpaired) electrons. The Morgan fingerprint density at radius 1 is 1.24 bits per heavy atom. The fourth-order valence-corrected chi connectivity index (χ4v) is 3.64. The van der Waals surface area contributed by atoms with Crippen LogP contribution in [0.1, 0.15) is 32.1 Å². The van der Waals surface area contributed by atoms with Crippen molar-refractivity contribution in [1.82, 2.24) is 10.2 Å². The lowest BCUT2D eigenvalue weighted by Gasteiger charge is -2.39. The standard InChI is InChI=1S/C12H24N2O2S/c1-17(15,16)10-9-14-8-3-2-6-12(14)11-5-4-7-13-11/h11-13H,2-10H2,1H3. The van der Waals surface area contributed by atoms with Gasteiger partial charge in [0.15, 0.2) is 0 Å². The van der Waals surface area contributed by atoms with Gasteiger partial charge in [0.1, 0.15) is 9.84 Å². The lowest BCUT2D eigenvalue weighted by molar-refractivity contribution is 0.127. The van der Waals surface area contributed by atoms with Crippen molar-refractivity contribution in [2.75, 3.05) is 31.6 Å². The first-order valence-corrected chi connectivity index (χ1v) is 8.77. The van der Waals surface area contributed by atoms with Crippen LogP contribution >= 0.6 is 0 Å². The van der Waals surface area contributed by atoms with Crippen LogP contribution in [0.5, 0.6) is 0 Å². The maximum atomic E-state index is 11.3. The highest BCUT2D eigenvalue weighted by Gasteiger charge is 2.31. The van der Waals surface area contributed by atoms with Crippen LogP contribution in [0.3, 0.4) is 0 Å². The maximum Gasteiger partial charge on any atom is 0.148 e. The summed E-state index contributed by atoms with van der Waals surface area (Å²) in [6.07, 6.45) is 7.58. The van der Waals surface area contributed by atoms with Gasteiger partial charge in [0, 0.05) is 24.9 Å². The average molecular weight is 260 g/mol. The van der Waals surface area contributed by atoms with E-state index in [-0.39, 0.29) is 0 Å². The van der Waals surface area contributed by atoms with E-state index in [0.717, 1.165) is 13.1 Å². The molecular weight excluding hydrogens is 236 g/mol. The molecule has 2 aliphatic rings. The molecule has 5 heteroatoms. The van der Waals surface area contributed by atoms with E-state index in [2.05, 4.69) is 10.2 Å². The molecule has 0 aromatic heterocycles. The Bertz CT molecular complexity index is 336. The molecular formula is C12H24N2O2S. The summed E-state index contributed by atoms with van der Waals surface area (Å²) in [5.74, 6) is 0.302. The van der Waals surface area contributed by atoms with E-state index < -0.39 is 9.84 Å². The summed E-state index contributed by atoms with van der Waals surface area (Å²) < 4.78 is 22.5. The Morgan fingerprint density at radius 2 is 2.06 bits per heavy atom. The lowest BCUT2D eigenvalue weighted by Crippen LogP contribution is -2.51. The molecule has 4 nitrogen and oxygen atoms in total. The minimum absolute atomic E-state index is 0.302. The summed E-state index contributed by atoms with van der Waals surface area (Å²) in [4.78, 5) is 2.40. The second-order valence-electron chi connectivity index (χ2n) is 5.43. The first kappa shape index (κ1) is 13.3. The van der Waals surface area contributed by atoms with E-state index in [9.17, 15) is 8.42 Å². The topological polar surface area (TPSA) is 49.4 Å². The summed E-state index contributed by atoms with van der Waals surface area (Å²) in [7, 11) is -2.83. The Kier molecular flexibility index (Phi) is 4.44. The van der Waals surface area contributed by atoms with E-state index >= 15 is 0 Å². The SMILES string of the molecule is CS(=O)(=O)CCN1CCCCC1C1CCCN1. The summed E-state index contributed by atoms with van der Waals surface area (Å²) in [6.45, 7) is 2.90. The molecule has 0 spiro atoms. The highest BCUT2D eigenvalue weighted by atomic mass is 32.2. The van der Waals surface area contributed by atoms with Gasteiger partial charge in [-0.2, -0.15) is 0 Å². The van der Waals surface area contributed by atoms with Gasteiger partial charge in [-0.3, -0.25) is 4.90 Å². The van der Waals surface area contributed by atoms with Gasteiger partial charge in [-0.1, -0.05) is 6.42 Å². The molecule has 0 aliphatic carbocycles. The number of rotatable bonds is 4. The lowest BCUT2D eigenvalue weighted by atomic mass is 9.95. The number of likely N-dealkylation sites (tertiary alicyclic amines) is 1. The van der Waals surface area contributed by atoms with Crippen molar-refractivity contribution >= 4 is 9.84 Å². The van der Waals surface area contributed by atoms with E-state index in [1.54, 1.807) is 0 Å². The summed E-state index contributed by atoms with van der Waals surface area (Å²) in [5.41, 5.74) is 0. The van der Waals surface area contributed by atoms with Gasteiger partial charge in [0.25, 0.3) is 0 Å². The van der Waals surface area contributed by atoms with Gasteiger partial charge in [0.2, 0.25) is 0 Å². The zero-order valence-corrected chi connectivity index (χ0v) is 11.5. The molecule has 2 saturated heterocycles. The Morgan fingerprint density at radius 3 is 2.71 bits per heavy atom. The monoisotopic (exact) mass is 260 g/mol. The summed E-state index contributed by atoms with van der Waals surface area (Å²) in [6, 6.07) is 1.16. The highest BCUT2D eigenvalue weighted by molar-refractivity contribution is 7.90. The highest BCUT2D eigenvalue weighted by Crippen LogP contribution is 2.23. The smallest absolute Gasteiger partial charge is 0.148 e. The molecule has 0 amide bonds. The van der Waals surface area contributed by atoms with Crippen molar-refractivity contribution < 1.29 is 8.42 Å². The van der Waals surface area contributed by atoms with Crippen LogP contribution < -0.4 is 5.32 Å². The van der Waals surface area contributed by atoms with Crippen molar-refractivity contribution in [3.05, 3.63) is 0 Å². The molecule has 0 bridgehead atoms. The largest absolute Gasteiger partial charge is 0.312 e. The van der Waals surface area contributed by atoms with Crippen LogP contribution in [0.2, 0.25) is 0 Å². The van der Waals surface area contributed by atoms with Crippen LogP contribution in [-0.4, -0.2) is 57.0 Å². The van der Waals surface area contributed by atoms with Crippen LogP contribution in [0, 0.1) is 0 Å². The van der Waals surface area contributed by atoms with Crippen LogP contribution in [0.4, 0.5) is 0 Å². The van der Waals surface area contributed by atoms with E-state index in [1.165, 1.54) is 38.4 Å². The molecule has 2 atom stereocenters. The second-order valence-corrected chi connectivity index (χ2v) is 7.69. The van der Waals surface area contributed by atoms with E-state index in [1.807, 2.05) is 0 Å². The predicted octanol–water partition coefficient (Wildman–Crippen LogP) is 0.638. The number of nitrogens with one attached hydrogen (secondary N) is 1. The van der Waals surface area contributed by atoms with Gasteiger partial charge >= 0.3 is 0 Å². The molecule has 2 unspecified atom stereocenters. The minimum Gasteiger partial charge on any atom is -0.312 e. The van der Waals surface area contributed by atoms with Gasteiger partial charge in [-0.05, 0) is 38.8 Å². The molecule has 1 N–H and O–H groups in total. The second kappa shape index (κ2) is 5.67. The van der Waals surface area contributed by atoms with Crippen molar-refractivity contribution in [2.24, 2.45) is 0 Å². The fourth-order valence-electron chi connectivity index (χ4n) is 3.07. The molecule has 0 aromatic carbocycles. The predicted molar refractivity (Wildman–Crippen MR) is 69.9 cm³/mol. The van der Waals surface area contributed by atoms with Crippen molar-refractivity contribution in [3.63, 3.8) is 0 Å². The van der Waals surface area contributed by atoms with Crippen molar-refractivity contribution in [1.29, 1.82) is 0 Å². The number of hydrogen-bond acceptors (Lipinski definition) is 4. The van der Waals surface area contributed by atoms with Crippen LogP contribution in [0.25, 0.3) is 0 Å². The van der Waals surface area contributed by atoms with Crippen LogP contribution in [0.15, 0.2) is 0 Å². The van der Waals surface area contributed by atoms with Gasteiger partial charge in [0.05, 0.1) is 5.75 Å². The zero-order valence-electron chi connectivity index (χ0n) is 10.7. The summed E-state index contributed by atoms with van der Waals surface area (Å²) in [5, 5.41) is 3.56. The maximum absolute atomic E-state index is 11.3.